The zero-order valence-corrected chi connectivity index (χ0v) is 12.8. The molecule has 0 saturated heterocycles. The monoisotopic (exact) mass is 309 g/mol. The Bertz CT molecular complexity index is 928. The van der Waals surface area contributed by atoms with Gasteiger partial charge in [-0.25, -0.2) is 0 Å². The van der Waals surface area contributed by atoms with Crippen molar-refractivity contribution >= 4 is 23.1 Å². The molecule has 0 aliphatic carbocycles. The third-order valence-electron chi connectivity index (χ3n) is 3.46. The number of aromatic nitrogens is 1. The summed E-state index contributed by atoms with van der Waals surface area (Å²) in [5.41, 5.74) is 1.46. The van der Waals surface area contributed by atoms with Crippen LogP contribution in [0.5, 0.6) is 11.5 Å². The lowest BCUT2D eigenvalue weighted by molar-refractivity contribution is 0.402. The molecule has 0 spiro atoms. The van der Waals surface area contributed by atoms with Crippen LogP contribution < -0.4 is 14.9 Å². The summed E-state index contributed by atoms with van der Waals surface area (Å²) < 4.78 is 15.7. The number of fused-ring (bicyclic) bond motifs is 1. The van der Waals surface area contributed by atoms with Crippen LogP contribution in [-0.2, 0) is 0 Å². The lowest BCUT2D eigenvalue weighted by Gasteiger charge is -2.06. The molecule has 0 radical (unpaired) electrons. The van der Waals surface area contributed by atoms with Gasteiger partial charge >= 0.3 is 0 Å². The van der Waals surface area contributed by atoms with E-state index in [0.29, 0.717) is 16.8 Å². The van der Waals surface area contributed by atoms with Crippen LogP contribution >= 0.6 is 0 Å². The Morgan fingerprint density at radius 1 is 1.04 bits per heavy atom. The Kier molecular flexibility index (Phi) is 4.10. The van der Waals surface area contributed by atoms with Gasteiger partial charge in [0.05, 0.1) is 19.6 Å². The number of nitrogens with zero attached hydrogens (tertiary/aromatic N) is 1. The van der Waals surface area contributed by atoms with Crippen molar-refractivity contribution in [2.75, 3.05) is 14.2 Å². The highest BCUT2D eigenvalue weighted by molar-refractivity contribution is 5.88. The van der Waals surface area contributed by atoms with Gasteiger partial charge < -0.3 is 14.0 Å². The van der Waals surface area contributed by atoms with Crippen LogP contribution in [0.15, 0.2) is 51.8 Å². The van der Waals surface area contributed by atoms with Crippen LogP contribution in [-0.4, -0.2) is 19.4 Å². The van der Waals surface area contributed by atoms with Gasteiger partial charge in [0.1, 0.15) is 17.2 Å². The SMILES string of the molecule is COc1ccc(OC)c(/C=C/c2noc3c(=O)ccccc23)c1. The van der Waals surface area contributed by atoms with E-state index < -0.39 is 0 Å². The second-order valence-corrected chi connectivity index (χ2v) is 4.83. The maximum atomic E-state index is 11.9. The lowest BCUT2D eigenvalue weighted by Crippen LogP contribution is -1.91. The highest BCUT2D eigenvalue weighted by Crippen LogP contribution is 2.26. The molecule has 5 heteroatoms. The fourth-order valence-electron chi connectivity index (χ4n) is 2.28. The molecule has 0 atom stereocenters. The minimum atomic E-state index is -0.198. The molecule has 0 fully saturated rings. The van der Waals surface area contributed by atoms with E-state index in [-0.39, 0.29) is 11.0 Å². The standard InChI is InChI=1S/C18H15NO4/c1-21-13-8-10-17(22-2)12(11-13)7-9-15-14-5-3-4-6-16(20)18(14)23-19-15/h3-11H,1-2H3/b9-7+. The number of benzene rings is 1. The largest absolute Gasteiger partial charge is 0.497 e. The second-order valence-electron chi connectivity index (χ2n) is 4.83. The number of rotatable bonds is 4. The molecular formula is C18H15NO4. The molecule has 0 amide bonds. The number of hydrogen-bond acceptors (Lipinski definition) is 5. The van der Waals surface area contributed by atoms with E-state index in [9.17, 15) is 4.79 Å². The van der Waals surface area contributed by atoms with Crippen LogP contribution in [0.2, 0.25) is 0 Å². The smallest absolute Gasteiger partial charge is 0.224 e. The van der Waals surface area contributed by atoms with Crippen molar-refractivity contribution < 1.29 is 14.0 Å². The van der Waals surface area contributed by atoms with Crippen molar-refractivity contribution in [1.82, 2.24) is 5.16 Å². The van der Waals surface area contributed by atoms with E-state index >= 15 is 0 Å². The fraction of sp³-hybridized carbons (Fsp3) is 0.111. The predicted octanol–water partition coefficient (Wildman–Crippen LogP) is 3.38. The van der Waals surface area contributed by atoms with Gasteiger partial charge in [0.2, 0.25) is 11.0 Å². The molecule has 0 saturated carbocycles. The van der Waals surface area contributed by atoms with Gasteiger partial charge in [-0.1, -0.05) is 17.3 Å². The summed E-state index contributed by atoms with van der Waals surface area (Å²) >= 11 is 0. The Balaban J connectivity index is 2.06. The van der Waals surface area contributed by atoms with E-state index in [4.69, 9.17) is 14.0 Å². The average Bonchev–Trinajstić information content (AvgIpc) is 2.90. The zero-order chi connectivity index (χ0) is 16.2. The molecule has 3 aromatic rings. The Morgan fingerprint density at radius 2 is 1.87 bits per heavy atom. The maximum absolute atomic E-state index is 11.9. The molecule has 3 rings (SSSR count). The molecule has 0 unspecified atom stereocenters. The third-order valence-corrected chi connectivity index (χ3v) is 3.46. The topological polar surface area (TPSA) is 61.6 Å². The van der Waals surface area contributed by atoms with Crippen molar-refractivity contribution in [1.29, 1.82) is 0 Å². The Morgan fingerprint density at radius 3 is 2.65 bits per heavy atom. The summed E-state index contributed by atoms with van der Waals surface area (Å²) in [6.45, 7) is 0. The third kappa shape index (κ3) is 2.94. The normalized spacial score (nSPS) is 11.0. The van der Waals surface area contributed by atoms with Crippen molar-refractivity contribution in [3.8, 4) is 11.5 Å². The molecule has 0 bridgehead atoms. The van der Waals surface area contributed by atoms with Crippen molar-refractivity contribution in [2.45, 2.75) is 0 Å². The fourth-order valence-corrected chi connectivity index (χ4v) is 2.28. The molecule has 2 aromatic carbocycles. The first-order valence-corrected chi connectivity index (χ1v) is 7.02. The van der Waals surface area contributed by atoms with Gasteiger partial charge in [-0.05, 0) is 42.5 Å². The van der Waals surface area contributed by atoms with Crippen molar-refractivity contribution in [3.63, 3.8) is 0 Å². The summed E-state index contributed by atoms with van der Waals surface area (Å²) in [5, 5.41) is 4.63. The van der Waals surface area contributed by atoms with Gasteiger partial charge in [-0.15, -0.1) is 0 Å². The summed E-state index contributed by atoms with van der Waals surface area (Å²) in [5.74, 6) is 1.44. The van der Waals surface area contributed by atoms with E-state index in [2.05, 4.69) is 5.16 Å². The highest BCUT2D eigenvalue weighted by Gasteiger charge is 2.08. The van der Waals surface area contributed by atoms with Gasteiger partial charge in [-0.3, -0.25) is 4.79 Å². The minimum absolute atomic E-state index is 0.198. The van der Waals surface area contributed by atoms with Crippen LogP contribution in [0, 0.1) is 0 Å². The first-order chi connectivity index (χ1) is 11.2. The molecular weight excluding hydrogens is 294 g/mol. The van der Waals surface area contributed by atoms with Gasteiger partial charge in [0.15, 0.2) is 0 Å². The minimum Gasteiger partial charge on any atom is -0.497 e. The summed E-state index contributed by atoms with van der Waals surface area (Å²) in [4.78, 5) is 11.9. The molecule has 0 N–H and O–H groups in total. The summed E-state index contributed by atoms with van der Waals surface area (Å²) in [6.07, 6.45) is 3.62. The molecule has 1 aromatic heterocycles. The molecule has 0 aliphatic heterocycles. The molecule has 1 heterocycles. The Hall–Kier alpha value is -3.08. The van der Waals surface area contributed by atoms with E-state index in [0.717, 1.165) is 11.3 Å². The quantitative estimate of drug-likeness (QED) is 0.739. The molecule has 116 valence electrons. The predicted molar refractivity (Wildman–Crippen MR) is 88.8 cm³/mol. The number of ether oxygens (including phenoxy) is 2. The molecule has 23 heavy (non-hydrogen) atoms. The maximum Gasteiger partial charge on any atom is 0.224 e. The van der Waals surface area contributed by atoms with Gasteiger partial charge in [0, 0.05) is 5.56 Å². The first kappa shape index (κ1) is 14.8. The second kappa shape index (κ2) is 6.36. The van der Waals surface area contributed by atoms with E-state index in [1.165, 1.54) is 6.07 Å². The summed E-state index contributed by atoms with van der Waals surface area (Å²) in [7, 11) is 3.21. The van der Waals surface area contributed by atoms with E-state index in [1.54, 1.807) is 38.5 Å². The van der Waals surface area contributed by atoms with Crippen molar-refractivity contribution in [2.24, 2.45) is 0 Å². The number of hydrogen-bond donors (Lipinski definition) is 0. The molecule has 0 aliphatic rings. The van der Waals surface area contributed by atoms with Crippen LogP contribution in [0.4, 0.5) is 0 Å². The van der Waals surface area contributed by atoms with Gasteiger partial charge in [0.25, 0.3) is 0 Å². The molecule has 5 nitrogen and oxygen atoms in total. The zero-order valence-electron chi connectivity index (χ0n) is 12.8. The van der Waals surface area contributed by atoms with Gasteiger partial charge in [-0.2, -0.15) is 0 Å². The van der Waals surface area contributed by atoms with Crippen LogP contribution in [0.25, 0.3) is 23.1 Å². The van der Waals surface area contributed by atoms with Crippen LogP contribution in [0.3, 0.4) is 0 Å². The van der Waals surface area contributed by atoms with Crippen LogP contribution in [0.1, 0.15) is 11.3 Å². The average molecular weight is 309 g/mol. The van der Waals surface area contributed by atoms with Crippen molar-refractivity contribution in [3.05, 3.63) is 63.9 Å². The highest BCUT2D eigenvalue weighted by atomic mass is 16.5. The Labute approximate surface area is 132 Å². The summed E-state index contributed by atoms with van der Waals surface area (Å²) in [6, 6.07) is 12.2. The number of methoxy groups -OCH3 is 2. The first-order valence-electron chi connectivity index (χ1n) is 7.02. The lowest BCUT2D eigenvalue weighted by atomic mass is 10.1. The van der Waals surface area contributed by atoms with E-state index in [1.807, 2.05) is 24.3 Å².